The van der Waals surface area contributed by atoms with Crippen LogP contribution in [-0.2, 0) is 19.6 Å². The molecule has 0 aliphatic carbocycles. The number of carbonyl (C=O) groups excluding carboxylic acids is 1. The van der Waals surface area contributed by atoms with Crippen molar-refractivity contribution >= 4 is 21.7 Å². The number of ether oxygens (including phenoxy) is 1. The summed E-state index contributed by atoms with van der Waals surface area (Å²) in [5.41, 5.74) is -0.144. The molecular formula is C11H13F2NO4S. The van der Waals surface area contributed by atoms with Gasteiger partial charge in [-0.05, 0) is 19.1 Å². The molecule has 19 heavy (non-hydrogen) atoms. The molecule has 0 unspecified atom stereocenters. The van der Waals surface area contributed by atoms with E-state index in [4.69, 9.17) is 0 Å². The fourth-order valence-electron chi connectivity index (χ4n) is 1.36. The summed E-state index contributed by atoms with van der Waals surface area (Å²) in [4.78, 5) is 11.3. The van der Waals surface area contributed by atoms with Gasteiger partial charge in [0.05, 0.1) is 18.6 Å². The number of rotatable bonds is 5. The first-order valence-corrected chi connectivity index (χ1v) is 7.19. The fraction of sp³-hybridized carbons (Fsp3) is 0.364. The monoisotopic (exact) mass is 293 g/mol. The highest BCUT2D eigenvalue weighted by Gasteiger charge is 2.22. The lowest BCUT2D eigenvalue weighted by Gasteiger charge is -2.21. The summed E-state index contributed by atoms with van der Waals surface area (Å²) in [5.74, 6) is -3.08. The molecule has 1 aromatic carbocycles. The van der Waals surface area contributed by atoms with E-state index in [0.29, 0.717) is 10.4 Å². The number of halogens is 2. The Balaban J connectivity index is 3.10. The predicted octanol–water partition coefficient (Wildman–Crippen LogP) is 1.29. The maximum absolute atomic E-state index is 13.1. The Hall–Kier alpha value is -1.70. The van der Waals surface area contributed by atoms with Crippen molar-refractivity contribution in [1.82, 2.24) is 0 Å². The van der Waals surface area contributed by atoms with Crippen LogP contribution in [0.25, 0.3) is 0 Å². The minimum atomic E-state index is -3.82. The Labute approximate surface area is 109 Å². The minimum absolute atomic E-state index is 0.0915. The first-order valence-electron chi connectivity index (χ1n) is 5.34. The van der Waals surface area contributed by atoms with E-state index in [1.807, 2.05) is 0 Å². The van der Waals surface area contributed by atoms with Gasteiger partial charge in [0.15, 0.2) is 11.6 Å². The number of benzene rings is 1. The van der Waals surface area contributed by atoms with Crippen molar-refractivity contribution in [2.45, 2.75) is 6.92 Å². The van der Waals surface area contributed by atoms with Gasteiger partial charge in [-0.3, -0.25) is 9.10 Å². The van der Waals surface area contributed by atoms with Gasteiger partial charge in [0.1, 0.15) is 6.54 Å². The van der Waals surface area contributed by atoms with Crippen LogP contribution in [0.1, 0.15) is 6.92 Å². The molecule has 0 aliphatic heterocycles. The molecule has 0 saturated carbocycles. The van der Waals surface area contributed by atoms with Crippen molar-refractivity contribution in [2.24, 2.45) is 0 Å². The van der Waals surface area contributed by atoms with Gasteiger partial charge in [-0.25, -0.2) is 17.2 Å². The Morgan fingerprint density at radius 1 is 1.32 bits per heavy atom. The fourth-order valence-corrected chi connectivity index (χ4v) is 2.20. The molecular weight excluding hydrogens is 280 g/mol. The van der Waals surface area contributed by atoms with Crippen LogP contribution >= 0.6 is 0 Å². The van der Waals surface area contributed by atoms with Gasteiger partial charge in [-0.2, -0.15) is 0 Å². The highest BCUT2D eigenvalue weighted by Crippen LogP contribution is 2.20. The molecule has 5 nitrogen and oxygen atoms in total. The number of sulfonamides is 1. The summed E-state index contributed by atoms with van der Waals surface area (Å²) in [5, 5.41) is 0. The summed E-state index contributed by atoms with van der Waals surface area (Å²) in [6.45, 7) is 1.06. The summed E-state index contributed by atoms with van der Waals surface area (Å²) >= 11 is 0. The number of anilines is 1. The van der Waals surface area contributed by atoms with Crippen molar-refractivity contribution in [2.75, 3.05) is 23.7 Å². The Bertz CT molecular complexity index is 574. The average molecular weight is 293 g/mol. The van der Waals surface area contributed by atoms with Crippen LogP contribution in [0.4, 0.5) is 14.5 Å². The van der Waals surface area contributed by atoms with Gasteiger partial charge in [-0.15, -0.1) is 0 Å². The van der Waals surface area contributed by atoms with E-state index in [1.54, 1.807) is 6.92 Å². The van der Waals surface area contributed by atoms with Gasteiger partial charge in [0, 0.05) is 6.07 Å². The highest BCUT2D eigenvalue weighted by molar-refractivity contribution is 7.92. The van der Waals surface area contributed by atoms with Crippen LogP contribution in [0, 0.1) is 11.6 Å². The summed E-state index contributed by atoms with van der Waals surface area (Å²) in [6.07, 6.45) is 0.855. The first-order chi connectivity index (χ1) is 8.75. The quantitative estimate of drug-likeness (QED) is 0.768. The van der Waals surface area contributed by atoms with Crippen molar-refractivity contribution in [1.29, 1.82) is 0 Å². The minimum Gasteiger partial charge on any atom is -0.465 e. The Morgan fingerprint density at radius 3 is 2.42 bits per heavy atom. The van der Waals surface area contributed by atoms with Crippen LogP contribution < -0.4 is 4.31 Å². The van der Waals surface area contributed by atoms with Gasteiger partial charge in [0.25, 0.3) is 0 Å². The third-order valence-corrected chi connectivity index (χ3v) is 3.31. The molecule has 106 valence electrons. The SMILES string of the molecule is CCOC(=O)CN(c1ccc(F)c(F)c1)S(C)(=O)=O. The zero-order chi connectivity index (χ0) is 14.6. The molecule has 0 spiro atoms. The van der Waals surface area contributed by atoms with Gasteiger partial charge >= 0.3 is 5.97 Å². The van der Waals surface area contributed by atoms with Crippen molar-refractivity contribution < 1.29 is 26.7 Å². The topological polar surface area (TPSA) is 63.7 Å². The molecule has 0 aromatic heterocycles. The zero-order valence-electron chi connectivity index (χ0n) is 10.4. The number of nitrogens with zero attached hydrogens (tertiary/aromatic N) is 1. The predicted molar refractivity (Wildman–Crippen MR) is 65.2 cm³/mol. The maximum Gasteiger partial charge on any atom is 0.326 e. The highest BCUT2D eigenvalue weighted by atomic mass is 32.2. The standard InChI is InChI=1S/C11H13F2NO4S/c1-3-18-11(15)7-14(19(2,16)17)8-4-5-9(12)10(13)6-8/h4-6H,3,7H2,1-2H3. The van der Waals surface area contributed by atoms with E-state index >= 15 is 0 Å². The normalized spacial score (nSPS) is 11.2. The second kappa shape index (κ2) is 5.96. The van der Waals surface area contributed by atoms with Crippen LogP contribution in [0.2, 0.25) is 0 Å². The van der Waals surface area contributed by atoms with Gasteiger partial charge < -0.3 is 4.74 Å². The van der Waals surface area contributed by atoms with E-state index in [1.165, 1.54) is 0 Å². The zero-order valence-corrected chi connectivity index (χ0v) is 11.2. The Kier molecular flexibility index (Phi) is 4.82. The Morgan fingerprint density at radius 2 is 1.95 bits per heavy atom. The van der Waals surface area contributed by atoms with Crippen molar-refractivity contribution in [3.8, 4) is 0 Å². The lowest BCUT2D eigenvalue weighted by Crippen LogP contribution is -2.35. The largest absolute Gasteiger partial charge is 0.465 e. The molecule has 0 amide bonds. The first kappa shape index (κ1) is 15.4. The van der Waals surface area contributed by atoms with Crippen LogP contribution in [-0.4, -0.2) is 33.8 Å². The molecule has 0 fully saturated rings. The van der Waals surface area contributed by atoms with Gasteiger partial charge in [0.2, 0.25) is 10.0 Å². The van der Waals surface area contributed by atoms with E-state index in [0.717, 1.165) is 18.4 Å². The van der Waals surface area contributed by atoms with Crippen molar-refractivity contribution in [3.63, 3.8) is 0 Å². The molecule has 0 bridgehead atoms. The van der Waals surface area contributed by atoms with Gasteiger partial charge in [-0.1, -0.05) is 0 Å². The van der Waals surface area contributed by atoms with E-state index in [9.17, 15) is 22.0 Å². The molecule has 0 aliphatic rings. The van der Waals surface area contributed by atoms with E-state index < -0.39 is 34.2 Å². The smallest absolute Gasteiger partial charge is 0.326 e. The summed E-state index contributed by atoms with van der Waals surface area (Å²) in [7, 11) is -3.82. The average Bonchev–Trinajstić information content (AvgIpc) is 2.29. The maximum atomic E-state index is 13.1. The van der Waals surface area contributed by atoms with Crippen LogP contribution in [0.3, 0.4) is 0 Å². The molecule has 1 aromatic rings. The van der Waals surface area contributed by atoms with Crippen LogP contribution in [0.15, 0.2) is 18.2 Å². The molecule has 0 radical (unpaired) electrons. The summed E-state index contributed by atoms with van der Waals surface area (Å²) < 4.78 is 54.3. The molecule has 8 heteroatoms. The summed E-state index contributed by atoms with van der Waals surface area (Å²) in [6, 6.07) is 2.56. The number of hydrogen-bond acceptors (Lipinski definition) is 4. The lowest BCUT2D eigenvalue weighted by atomic mass is 10.3. The van der Waals surface area contributed by atoms with Crippen molar-refractivity contribution in [3.05, 3.63) is 29.8 Å². The lowest BCUT2D eigenvalue weighted by molar-refractivity contribution is -0.141. The molecule has 0 N–H and O–H groups in total. The molecule has 1 rings (SSSR count). The number of hydrogen-bond donors (Lipinski definition) is 0. The van der Waals surface area contributed by atoms with E-state index in [-0.39, 0.29) is 12.3 Å². The molecule has 0 atom stereocenters. The molecule has 0 heterocycles. The van der Waals surface area contributed by atoms with E-state index in [2.05, 4.69) is 4.74 Å². The number of esters is 1. The second-order valence-corrected chi connectivity index (χ2v) is 5.58. The third kappa shape index (κ3) is 4.16. The van der Waals surface area contributed by atoms with Crippen LogP contribution in [0.5, 0.6) is 0 Å². The second-order valence-electron chi connectivity index (χ2n) is 3.67. The number of carbonyl (C=O) groups is 1. The molecule has 0 saturated heterocycles. The third-order valence-electron chi connectivity index (χ3n) is 2.17.